The van der Waals surface area contributed by atoms with Crippen LogP contribution in [0, 0.1) is 12.7 Å². The minimum absolute atomic E-state index is 0.120. The minimum atomic E-state index is -3.94. The normalized spacial score (nSPS) is 11.6. The Hall–Kier alpha value is -2.45. The van der Waals surface area contributed by atoms with Crippen LogP contribution >= 0.6 is 11.3 Å². The van der Waals surface area contributed by atoms with Gasteiger partial charge in [0.1, 0.15) is 5.82 Å². The standard InChI is InChI=1S/C17H15FN2O3S2/c1-3-8-20-14-7-6-13(10-15(14)24-17(20)21)19-25(22,23)16-9-12(18)5-4-11(16)2/h3-7,9-10,19H,1,8H2,2H3. The fraction of sp³-hybridized carbons (Fsp3) is 0.118. The zero-order chi connectivity index (χ0) is 18.2. The summed E-state index contributed by atoms with van der Waals surface area (Å²) in [7, 11) is -3.94. The molecule has 0 saturated heterocycles. The van der Waals surface area contributed by atoms with Crippen molar-refractivity contribution in [1.82, 2.24) is 4.57 Å². The van der Waals surface area contributed by atoms with Gasteiger partial charge in [0.2, 0.25) is 0 Å². The highest BCUT2D eigenvalue weighted by Gasteiger charge is 2.18. The van der Waals surface area contributed by atoms with Crippen LogP contribution in [0.2, 0.25) is 0 Å². The Labute approximate surface area is 148 Å². The fourth-order valence-electron chi connectivity index (χ4n) is 2.51. The van der Waals surface area contributed by atoms with Crippen molar-refractivity contribution in [3.05, 3.63) is 70.1 Å². The molecule has 0 bridgehead atoms. The lowest BCUT2D eigenvalue weighted by molar-refractivity contribution is 0.594. The van der Waals surface area contributed by atoms with Crippen LogP contribution in [-0.2, 0) is 16.6 Å². The molecule has 3 aromatic rings. The maximum atomic E-state index is 13.4. The van der Waals surface area contributed by atoms with Gasteiger partial charge in [0.05, 0.1) is 20.8 Å². The van der Waals surface area contributed by atoms with Crippen LogP contribution in [0.4, 0.5) is 10.1 Å². The minimum Gasteiger partial charge on any atom is -0.295 e. The number of anilines is 1. The number of hydrogen-bond acceptors (Lipinski definition) is 4. The van der Waals surface area contributed by atoms with Crippen molar-refractivity contribution in [2.45, 2.75) is 18.4 Å². The average Bonchev–Trinajstić information content (AvgIpc) is 2.85. The highest BCUT2D eigenvalue weighted by atomic mass is 32.2. The molecule has 0 aliphatic carbocycles. The second kappa shape index (κ2) is 6.45. The average molecular weight is 378 g/mol. The van der Waals surface area contributed by atoms with Crippen LogP contribution in [0.1, 0.15) is 5.56 Å². The van der Waals surface area contributed by atoms with E-state index >= 15 is 0 Å². The van der Waals surface area contributed by atoms with E-state index in [2.05, 4.69) is 11.3 Å². The lowest BCUT2D eigenvalue weighted by Crippen LogP contribution is -2.14. The van der Waals surface area contributed by atoms with Crippen molar-refractivity contribution in [1.29, 1.82) is 0 Å². The third-order valence-corrected chi connectivity index (χ3v) is 6.14. The Bertz CT molecular complexity index is 1130. The van der Waals surface area contributed by atoms with Crippen LogP contribution in [0.5, 0.6) is 0 Å². The predicted octanol–water partition coefficient (Wildman–Crippen LogP) is 3.50. The molecule has 0 unspecified atom stereocenters. The van der Waals surface area contributed by atoms with E-state index in [1.807, 2.05) is 0 Å². The van der Waals surface area contributed by atoms with Gasteiger partial charge in [-0.1, -0.05) is 23.5 Å². The molecule has 0 amide bonds. The number of allylic oxidation sites excluding steroid dienone is 1. The SMILES string of the molecule is C=CCn1c(=O)sc2cc(NS(=O)(=O)c3cc(F)ccc3C)ccc21. The molecule has 1 heterocycles. The monoisotopic (exact) mass is 378 g/mol. The van der Waals surface area contributed by atoms with Crippen LogP contribution in [-0.4, -0.2) is 13.0 Å². The summed E-state index contributed by atoms with van der Waals surface area (Å²) in [4.78, 5) is 11.7. The lowest BCUT2D eigenvalue weighted by Gasteiger charge is -2.10. The van der Waals surface area contributed by atoms with E-state index in [-0.39, 0.29) is 9.77 Å². The molecule has 8 heteroatoms. The number of halogens is 1. The van der Waals surface area contributed by atoms with E-state index in [1.165, 1.54) is 12.1 Å². The molecule has 0 radical (unpaired) electrons. The van der Waals surface area contributed by atoms with Crippen molar-refractivity contribution in [2.24, 2.45) is 0 Å². The highest BCUT2D eigenvalue weighted by Crippen LogP contribution is 2.25. The lowest BCUT2D eigenvalue weighted by atomic mass is 10.2. The fourth-order valence-corrected chi connectivity index (χ4v) is 4.75. The Morgan fingerprint density at radius 1 is 1.28 bits per heavy atom. The third kappa shape index (κ3) is 3.35. The summed E-state index contributed by atoms with van der Waals surface area (Å²) in [6, 6.07) is 8.43. The van der Waals surface area contributed by atoms with E-state index < -0.39 is 15.8 Å². The van der Waals surface area contributed by atoms with Crippen LogP contribution in [0.15, 0.2) is 58.7 Å². The van der Waals surface area contributed by atoms with Crippen LogP contribution in [0.25, 0.3) is 10.2 Å². The molecular weight excluding hydrogens is 363 g/mol. The summed E-state index contributed by atoms with van der Waals surface area (Å²) in [5.41, 5.74) is 1.46. The quantitative estimate of drug-likeness (QED) is 0.691. The Kier molecular flexibility index (Phi) is 4.49. The molecule has 2 aromatic carbocycles. The van der Waals surface area contributed by atoms with Crippen molar-refractivity contribution in [3.8, 4) is 0 Å². The van der Waals surface area contributed by atoms with Gasteiger partial charge in [-0.05, 0) is 42.8 Å². The number of fused-ring (bicyclic) bond motifs is 1. The summed E-state index contributed by atoms with van der Waals surface area (Å²) < 4.78 is 43.1. The summed E-state index contributed by atoms with van der Waals surface area (Å²) in [6.07, 6.45) is 1.62. The van der Waals surface area contributed by atoms with Gasteiger partial charge in [-0.2, -0.15) is 0 Å². The number of aromatic nitrogens is 1. The molecule has 0 atom stereocenters. The largest absolute Gasteiger partial charge is 0.308 e. The summed E-state index contributed by atoms with van der Waals surface area (Å²) in [5.74, 6) is -0.624. The molecule has 0 spiro atoms. The van der Waals surface area contributed by atoms with Gasteiger partial charge in [0.25, 0.3) is 10.0 Å². The van der Waals surface area contributed by atoms with E-state index in [0.29, 0.717) is 28.0 Å². The van der Waals surface area contributed by atoms with Crippen molar-refractivity contribution >= 4 is 37.3 Å². The first-order valence-corrected chi connectivity index (χ1v) is 9.65. The molecule has 0 fully saturated rings. The van der Waals surface area contributed by atoms with Gasteiger partial charge in [-0.25, -0.2) is 12.8 Å². The Balaban J connectivity index is 2.01. The first kappa shape index (κ1) is 17.4. The van der Waals surface area contributed by atoms with Crippen LogP contribution < -0.4 is 9.60 Å². The number of sulfonamides is 1. The van der Waals surface area contributed by atoms with E-state index in [0.717, 1.165) is 17.4 Å². The molecule has 25 heavy (non-hydrogen) atoms. The summed E-state index contributed by atoms with van der Waals surface area (Å²) in [6.45, 7) is 5.60. The molecule has 5 nitrogen and oxygen atoms in total. The third-order valence-electron chi connectivity index (χ3n) is 3.67. The maximum absolute atomic E-state index is 13.4. The second-order valence-corrected chi connectivity index (χ2v) is 8.11. The number of hydrogen-bond donors (Lipinski definition) is 1. The summed E-state index contributed by atoms with van der Waals surface area (Å²) >= 11 is 1.03. The van der Waals surface area contributed by atoms with Crippen LogP contribution in [0.3, 0.4) is 0 Å². The van der Waals surface area contributed by atoms with Crippen molar-refractivity contribution in [3.63, 3.8) is 0 Å². The van der Waals surface area contributed by atoms with E-state index in [9.17, 15) is 17.6 Å². The first-order chi connectivity index (χ1) is 11.8. The molecule has 1 N–H and O–H groups in total. The Morgan fingerprint density at radius 3 is 2.76 bits per heavy atom. The van der Waals surface area contributed by atoms with E-state index in [4.69, 9.17) is 0 Å². The molecule has 1 aromatic heterocycles. The summed E-state index contributed by atoms with van der Waals surface area (Å²) in [5, 5.41) is 0. The van der Waals surface area contributed by atoms with Gasteiger partial charge in [0.15, 0.2) is 0 Å². The number of thiazole rings is 1. The van der Waals surface area contributed by atoms with Gasteiger partial charge in [-0.3, -0.25) is 14.1 Å². The second-order valence-electron chi connectivity index (χ2n) is 5.47. The number of rotatable bonds is 5. The molecule has 0 aliphatic heterocycles. The highest BCUT2D eigenvalue weighted by molar-refractivity contribution is 7.92. The Morgan fingerprint density at radius 2 is 2.04 bits per heavy atom. The predicted molar refractivity (Wildman–Crippen MR) is 98.2 cm³/mol. The number of nitrogens with one attached hydrogen (secondary N) is 1. The zero-order valence-corrected chi connectivity index (χ0v) is 15.0. The molecule has 0 saturated carbocycles. The van der Waals surface area contributed by atoms with Gasteiger partial charge in [0, 0.05) is 6.54 Å². The zero-order valence-electron chi connectivity index (χ0n) is 13.3. The first-order valence-electron chi connectivity index (χ1n) is 7.35. The number of benzene rings is 2. The number of nitrogens with zero attached hydrogens (tertiary/aromatic N) is 1. The van der Waals surface area contributed by atoms with Gasteiger partial charge >= 0.3 is 4.87 Å². The topological polar surface area (TPSA) is 68.2 Å². The smallest absolute Gasteiger partial charge is 0.295 e. The van der Waals surface area contributed by atoms with Gasteiger partial charge in [-0.15, -0.1) is 6.58 Å². The van der Waals surface area contributed by atoms with Gasteiger partial charge < -0.3 is 0 Å². The number of aryl methyl sites for hydroxylation is 1. The molecule has 3 rings (SSSR count). The van der Waals surface area contributed by atoms with E-state index in [1.54, 1.807) is 35.8 Å². The van der Waals surface area contributed by atoms with Crippen molar-refractivity contribution < 1.29 is 12.8 Å². The molecule has 130 valence electrons. The molecular formula is C17H15FN2O3S2. The van der Waals surface area contributed by atoms with Crippen molar-refractivity contribution in [2.75, 3.05) is 4.72 Å². The maximum Gasteiger partial charge on any atom is 0.308 e. The molecule has 0 aliphatic rings.